The Balaban J connectivity index is 0. The standard InChI is InChI=1S/C10H13.Al.2H/c1-2-3-7-10-8-5-4-6-9-10;;;/h4-6,8-9H,1-3,7H2;;;/q;+2;2*-1. The van der Waals surface area contributed by atoms with Gasteiger partial charge in [0, 0.05) is 0 Å². The summed E-state index contributed by atoms with van der Waals surface area (Å²) in [5.74, 6) is 0. The first-order valence-corrected chi connectivity index (χ1v) is 4.99. The van der Waals surface area contributed by atoms with Gasteiger partial charge in [-0.1, -0.05) is 0 Å². The summed E-state index contributed by atoms with van der Waals surface area (Å²) in [6, 6.07) is 10.7. The van der Waals surface area contributed by atoms with Gasteiger partial charge in [0.2, 0.25) is 0 Å². The molecule has 0 radical (unpaired) electrons. The van der Waals surface area contributed by atoms with Crippen molar-refractivity contribution in [3.05, 3.63) is 35.9 Å². The fourth-order valence-electron chi connectivity index (χ4n) is 1.12. The zero-order valence-corrected chi connectivity index (χ0v) is 7.95. The molecule has 11 heavy (non-hydrogen) atoms. The van der Waals surface area contributed by atoms with E-state index in [1.54, 1.807) is 0 Å². The van der Waals surface area contributed by atoms with E-state index in [2.05, 4.69) is 46.6 Å². The summed E-state index contributed by atoms with van der Waals surface area (Å²) in [7, 11) is 0. The van der Waals surface area contributed by atoms with E-state index in [9.17, 15) is 0 Å². The van der Waals surface area contributed by atoms with Crippen LogP contribution in [0.3, 0.4) is 0 Å². The minimum atomic E-state index is 0. The van der Waals surface area contributed by atoms with Crippen LogP contribution in [0.25, 0.3) is 0 Å². The first-order chi connectivity index (χ1) is 5.43. The Morgan fingerprint density at radius 1 is 1.09 bits per heavy atom. The Hall–Kier alpha value is -0.248. The van der Waals surface area contributed by atoms with Crippen molar-refractivity contribution in [2.75, 3.05) is 0 Å². The number of rotatable bonds is 4. The van der Waals surface area contributed by atoms with Crippen LogP contribution < -0.4 is 0 Å². The maximum Gasteiger partial charge on any atom is -1.00 e. The Morgan fingerprint density at radius 3 is 2.45 bits per heavy atom. The van der Waals surface area contributed by atoms with Crippen molar-refractivity contribution < 1.29 is 2.85 Å². The summed E-state index contributed by atoms with van der Waals surface area (Å²) >= 11 is 2.77. The van der Waals surface area contributed by atoms with Crippen LogP contribution in [0.5, 0.6) is 0 Å². The van der Waals surface area contributed by atoms with Crippen LogP contribution in [0.1, 0.15) is 21.3 Å². The summed E-state index contributed by atoms with van der Waals surface area (Å²) in [5, 5.41) is 1.23. The molecule has 0 aromatic heterocycles. The number of hydrogen-bond acceptors (Lipinski definition) is 0. The molecule has 0 amide bonds. The second-order valence-electron chi connectivity index (χ2n) is 2.73. The molecule has 0 N–H and O–H groups in total. The van der Waals surface area contributed by atoms with Gasteiger partial charge < -0.3 is 2.85 Å². The van der Waals surface area contributed by atoms with Gasteiger partial charge in [-0.15, -0.1) is 0 Å². The Bertz CT molecular complexity index is 189. The van der Waals surface area contributed by atoms with Crippen LogP contribution in [0.2, 0.25) is 5.28 Å². The van der Waals surface area contributed by atoms with Gasteiger partial charge in [-0.3, -0.25) is 0 Å². The van der Waals surface area contributed by atoms with E-state index in [1.165, 1.54) is 30.1 Å². The summed E-state index contributed by atoms with van der Waals surface area (Å²) in [4.78, 5) is 0. The van der Waals surface area contributed by atoms with Crippen molar-refractivity contribution in [1.29, 1.82) is 0 Å². The molecule has 58 valence electrons. The zero-order valence-electron chi connectivity index (χ0n) is 8.79. The number of aryl methyl sites for hydroxylation is 1. The number of hydrogen-bond donors (Lipinski definition) is 0. The summed E-state index contributed by atoms with van der Waals surface area (Å²) in [6.07, 6.45) is 3.86. The van der Waals surface area contributed by atoms with Crippen LogP contribution in [0.15, 0.2) is 30.3 Å². The van der Waals surface area contributed by atoms with E-state index >= 15 is 0 Å². The Labute approximate surface area is 80.0 Å². The van der Waals surface area contributed by atoms with Crippen LogP contribution >= 0.6 is 0 Å². The van der Waals surface area contributed by atoms with E-state index < -0.39 is 0 Å². The third-order valence-electron chi connectivity index (χ3n) is 1.76. The number of unbranched alkanes of at least 4 members (excludes halogenated alkanes) is 1. The van der Waals surface area contributed by atoms with Crippen molar-refractivity contribution in [2.24, 2.45) is 0 Å². The van der Waals surface area contributed by atoms with E-state index in [0.29, 0.717) is 0 Å². The summed E-state index contributed by atoms with van der Waals surface area (Å²) in [6.45, 7) is 0. The average molecular weight is 162 g/mol. The number of benzene rings is 1. The van der Waals surface area contributed by atoms with Crippen molar-refractivity contribution >= 4 is 16.3 Å². The molecule has 0 saturated carbocycles. The van der Waals surface area contributed by atoms with E-state index in [4.69, 9.17) is 0 Å². The van der Waals surface area contributed by atoms with Gasteiger partial charge in [-0.2, -0.15) is 0 Å². The molecule has 0 aliphatic heterocycles. The quantitative estimate of drug-likeness (QED) is 0.471. The van der Waals surface area contributed by atoms with Gasteiger partial charge in [0.15, 0.2) is 0 Å². The molecule has 0 saturated heterocycles. The van der Waals surface area contributed by atoms with Gasteiger partial charge in [0.25, 0.3) is 0 Å². The first kappa shape index (κ1) is 8.85. The minimum Gasteiger partial charge on any atom is -1.00 e. The van der Waals surface area contributed by atoms with Crippen LogP contribution in [-0.2, 0) is 6.42 Å². The maximum atomic E-state index is 2.77. The van der Waals surface area contributed by atoms with Crippen molar-refractivity contribution in [3.8, 4) is 0 Å². The van der Waals surface area contributed by atoms with E-state index in [-0.39, 0.29) is 2.85 Å². The molecular formula is C10H15Al. The average Bonchev–Trinajstić information content (AvgIpc) is 2.07. The van der Waals surface area contributed by atoms with Crippen LogP contribution in [0.4, 0.5) is 0 Å². The van der Waals surface area contributed by atoms with Crippen LogP contribution in [0, 0.1) is 0 Å². The van der Waals surface area contributed by atoms with Gasteiger partial charge in [-0.05, 0) is 0 Å². The summed E-state index contributed by atoms with van der Waals surface area (Å²) in [5.41, 5.74) is 1.46. The Morgan fingerprint density at radius 2 is 1.82 bits per heavy atom. The predicted molar refractivity (Wildman–Crippen MR) is 52.2 cm³/mol. The SMILES string of the molecule is [Al+2][CH2]CCCc1ccccc1.[H-].[H-]. The fraction of sp³-hybridized carbons (Fsp3) is 0.400. The smallest absolute Gasteiger partial charge is 1.00 e. The molecule has 1 heteroatoms. The van der Waals surface area contributed by atoms with Gasteiger partial charge in [0.1, 0.15) is 0 Å². The molecule has 0 unspecified atom stereocenters. The molecule has 0 aliphatic rings. The molecule has 0 heterocycles. The van der Waals surface area contributed by atoms with E-state index in [0.717, 1.165) is 0 Å². The van der Waals surface area contributed by atoms with Gasteiger partial charge in [-0.25, -0.2) is 0 Å². The molecular weight excluding hydrogens is 147 g/mol. The molecule has 0 spiro atoms. The van der Waals surface area contributed by atoms with Crippen molar-refractivity contribution in [3.63, 3.8) is 0 Å². The minimum absolute atomic E-state index is 0. The monoisotopic (exact) mass is 162 g/mol. The fourth-order valence-corrected chi connectivity index (χ4v) is 1.41. The second-order valence-corrected chi connectivity index (χ2v) is 3.31. The summed E-state index contributed by atoms with van der Waals surface area (Å²) < 4.78 is 0. The molecule has 0 fully saturated rings. The molecule has 0 bridgehead atoms. The molecule has 0 nitrogen and oxygen atoms in total. The molecule has 1 rings (SSSR count). The van der Waals surface area contributed by atoms with E-state index in [1.807, 2.05) is 0 Å². The third-order valence-corrected chi connectivity index (χ3v) is 2.17. The predicted octanol–water partition coefficient (Wildman–Crippen LogP) is 2.82. The maximum absolute atomic E-state index is 2.77. The molecule has 1 aromatic rings. The molecule has 1 aromatic carbocycles. The largest absolute Gasteiger partial charge is 1.00 e. The van der Waals surface area contributed by atoms with Crippen molar-refractivity contribution in [2.45, 2.75) is 24.5 Å². The van der Waals surface area contributed by atoms with Gasteiger partial charge >= 0.3 is 76.7 Å². The third kappa shape index (κ3) is 3.60. The molecule has 0 atom stereocenters. The van der Waals surface area contributed by atoms with Crippen LogP contribution in [-0.4, -0.2) is 16.3 Å². The molecule has 0 aliphatic carbocycles. The van der Waals surface area contributed by atoms with Crippen molar-refractivity contribution in [1.82, 2.24) is 0 Å². The second kappa shape index (κ2) is 5.41. The topological polar surface area (TPSA) is 0 Å². The Kier molecular flexibility index (Phi) is 4.35. The normalized spacial score (nSPS) is 10.0. The zero-order chi connectivity index (χ0) is 7.94. The first-order valence-electron chi connectivity index (χ1n) is 4.17. The van der Waals surface area contributed by atoms with Gasteiger partial charge in [0.05, 0.1) is 0 Å².